The maximum atomic E-state index is 13.4. The number of morpholine rings is 1. The molecule has 0 unspecified atom stereocenters. The number of ether oxygens (including phenoxy) is 3. The summed E-state index contributed by atoms with van der Waals surface area (Å²) in [5.74, 6) is 1.26. The number of carbonyl (C=O) groups excluding carboxylic acids is 1. The van der Waals surface area contributed by atoms with E-state index in [4.69, 9.17) is 14.2 Å². The molecule has 3 atom stereocenters. The lowest BCUT2D eigenvalue weighted by molar-refractivity contribution is -0.143. The van der Waals surface area contributed by atoms with Crippen LogP contribution in [0.3, 0.4) is 0 Å². The first-order valence-electron chi connectivity index (χ1n) is 10.7. The number of para-hydroxylation sites is 2. The number of nitrogens with one attached hydrogen (secondary N) is 1. The fourth-order valence-corrected chi connectivity index (χ4v) is 4.64. The fourth-order valence-electron chi connectivity index (χ4n) is 4.64. The first-order valence-corrected chi connectivity index (χ1v) is 10.7. The molecule has 164 valence electrons. The lowest BCUT2D eigenvalue weighted by Crippen LogP contribution is -2.48. The molecule has 2 aromatic carbocycles. The quantitative estimate of drug-likeness (QED) is 0.642. The fraction of sp³-hybridized carbons (Fsp3) is 0.400. The van der Waals surface area contributed by atoms with E-state index in [2.05, 4.69) is 11.1 Å². The third kappa shape index (κ3) is 4.26. The summed E-state index contributed by atoms with van der Waals surface area (Å²) in [5.41, 5.74) is 3.06. The van der Waals surface area contributed by atoms with E-state index in [0.717, 1.165) is 22.0 Å². The number of benzene rings is 2. The Kier molecular flexibility index (Phi) is 6.18. The van der Waals surface area contributed by atoms with E-state index in [-0.39, 0.29) is 24.0 Å². The molecule has 1 saturated heterocycles. The molecule has 1 aliphatic rings. The topological polar surface area (TPSA) is 63.8 Å². The molecule has 0 spiro atoms. The predicted octanol–water partition coefficient (Wildman–Crippen LogP) is 4.34. The average molecular weight is 423 g/mol. The van der Waals surface area contributed by atoms with Crippen molar-refractivity contribution in [3.05, 3.63) is 59.8 Å². The number of H-pyrrole nitrogens is 1. The Labute approximate surface area is 183 Å². The molecule has 0 bridgehead atoms. The van der Waals surface area contributed by atoms with Crippen molar-refractivity contribution in [1.82, 2.24) is 9.88 Å². The van der Waals surface area contributed by atoms with Gasteiger partial charge in [0.15, 0.2) is 11.5 Å². The predicted molar refractivity (Wildman–Crippen MR) is 121 cm³/mol. The van der Waals surface area contributed by atoms with Crippen molar-refractivity contribution < 1.29 is 19.0 Å². The molecular formula is C25H30N2O4. The van der Waals surface area contributed by atoms with Gasteiger partial charge in [0.2, 0.25) is 5.91 Å². The number of hydrogen-bond acceptors (Lipinski definition) is 4. The van der Waals surface area contributed by atoms with Crippen LogP contribution in [0.2, 0.25) is 0 Å². The summed E-state index contributed by atoms with van der Waals surface area (Å²) < 4.78 is 17.1. The number of methoxy groups -OCH3 is 2. The van der Waals surface area contributed by atoms with Gasteiger partial charge in [-0.05, 0) is 31.5 Å². The monoisotopic (exact) mass is 422 g/mol. The molecule has 6 nitrogen and oxygen atoms in total. The van der Waals surface area contributed by atoms with Gasteiger partial charge in [0.05, 0.1) is 26.4 Å². The molecule has 4 rings (SSSR count). The summed E-state index contributed by atoms with van der Waals surface area (Å²) >= 11 is 0. The van der Waals surface area contributed by atoms with Crippen molar-refractivity contribution in [2.75, 3.05) is 27.3 Å². The zero-order valence-electron chi connectivity index (χ0n) is 18.6. The van der Waals surface area contributed by atoms with E-state index in [1.54, 1.807) is 14.2 Å². The highest BCUT2D eigenvalue weighted by molar-refractivity contribution is 5.86. The molecule has 1 fully saturated rings. The van der Waals surface area contributed by atoms with Crippen LogP contribution in [0.5, 0.6) is 11.5 Å². The Hall–Kier alpha value is -2.99. The second-order valence-electron chi connectivity index (χ2n) is 8.19. The van der Waals surface area contributed by atoms with Gasteiger partial charge in [0, 0.05) is 48.1 Å². The van der Waals surface area contributed by atoms with Crippen molar-refractivity contribution in [2.24, 2.45) is 0 Å². The van der Waals surface area contributed by atoms with E-state index < -0.39 is 0 Å². The molecule has 3 aromatic rings. The van der Waals surface area contributed by atoms with Crippen LogP contribution in [0, 0.1) is 0 Å². The van der Waals surface area contributed by atoms with Gasteiger partial charge < -0.3 is 24.1 Å². The van der Waals surface area contributed by atoms with E-state index in [9.17, 15) is 4.79 Å². The van der Waals surface area contributed by atoms with Gasteiger partial charge in [0.25, 0.3) is 0 Å². The van der Waals surface area contributed by atoms with Crippen molar-refractivity contribution in [1.29, 1.82) is 0 Å². The standard InChI is InChI=1S/C25H30N2O4/c1-16-14-27(15-17(2)31-16)24(28)12-20(19-9-7-11-23(29-3)25(19)30-4)21-13-26-22-10-6-5-8-18(21)22/h5-11,13,16-17,20,26H,12,14-15H2,1-4H3/t16-,17-,20-/m0/s1. The van der Waals surface area contributed by atoms with Gasteiger partial charge >= 0.3 is 0 Å². The number of carbonyl (C=O) groups is 1. The second-order valence-corrected chi connectivity index (χ2v) is 8.19. The second kappa shape index (κ2) is 9.02. The normalized spacial score (nSPS) is 19.9. The van der Waals surface area contributed by atoms with Crippen molar-refractivity contribution in [2.45, 2.75) is 38.4 Å². The number of fused-ring (bicyclic) bond motifs is 1. The van der Waals surface area contributed by atoms with E-state index in [1.807, 2.05) is 61.3 Å². The lowest BCUT2D eigenvalue weighted by Gasteiger charge is -2.36. The van der Waals surface area contributed by atoms with Gasteiger partial charge in [0.1, 0.15) is 0 Å². The van der Waals surface area contributed by atoms with Crippen molar-refractivity contribution in [3.8, 4) is 11.5 Å². The molecule has 31 heavy (non-hydrogen) atoms. The molecule has 2 heterocycles. The number of aromatic nitrogens is 1. The molecule has 1 aliphatic heterocycles. The summed E-state index contributed by atoms with van der Waals surface area (Å²) in [6.07, 6.45) is 2.41. The van der Waals surface area contributed by atoms with E-state index in [0.29, 0.717) is 31.0 Å². The Bertz CT molecular complexity index is 1050. The first-order chi connectivity index (χ1) is 15.0. The molecule has 0 radical (unpaired) electrons. The van der Waals surface area contributed by atoms with E-state index >= 15 is 0 Å². The zero-order valence-corrected chi connectivity index (χ0v) is 18.6. The van der Waals surface area contributed by atoms with Gasteiger partial charge in [-0.1, -0.05) is 30.3 Å². The highest BCUT2D eigenvalue weighted by Gasteiger charge is 2.31. The summed E-state index contributed by atoms with van der Waals surface area (Å²) in [4.78, 5) is 18.7. The Morgan fingerprint density at radius 2 is 1.81 bits per heavy atom. The molecule has 0 aliphatic carbocycles. The highest BCUT2D eigenvalue weighted by atomic mass is 16.5. The summed E-state index contributed by atoms with van der Waals surface area (Å²) in [5, 5.41) is 1.11. The Morgan fingerprint density at radius 1 is 1.06 bits per heavy atom. The third-order valence-corrected chi connectivity index (χ3v) is 5.96. The summed E-state index contributed by atoms with van der Waals surface area (Å²) in [6, 6.07) is 14.0. The summed E-state index contributed by atoms with van der Waals surface area (Å²) in [7, 11) is 3.27. The largest absolute Gasteiger partial charge is 0.493 e. The number of nitrogens with zero attached hydrogens (tertiary/aromatic N) is 1. The number of rotatable bonds is 6. The molecule has 6 heteroatoms. The molecule has 1 N–H and O–H groups in total. The van der Waals surface area contributed by atoms with Gasteiger partial charge in [-0.15, -0.1) is 0 Å². The molecular weight excluding hydrogens is 392 g/mol. The number of hydrogen-bond donors (Lipinski definition) is 1. The molecule has 1 aromatic heterocycles. The van der Waals surface area contributed by atoms with Crippen LogP contribution < -0.4 is 9.47 Å². The number of amides is 1. The minimum Gasteiger partial charge on any atom is -0.493 e. The highest BCUT2D eigenvalue weighted by Crippen LogP contribution is 2.42. The summed E-state index contributed by atoms with van der Waals surface area (Å²) in [6.45, 7) is 5.24. The zero-order chi connectivity index (χ0) is 22.0. The maximum absolute atomic E-state index is 13.4. The third-order valence-electron chi connectivity index (χ3n) is 5.96. The van der Waals surface area contributed by atoms with Crippen LogP contribution in [0.1, 0.15) is 37.3 Å². The number of aromatic amines is 1. The average Bonchev–Trinajstić information content (AvgIpc) is 3.20. The van der Waals surface area contributed by atoms with Crippen LogP contribution in [-0.4, -0.2) is 55.3 Å². The van der Waals surface area contributed by atoms with Crippen molar-refractivity contribution in [3.63, 3.8) is 0 Å². The maximum Gasteiger partial charge on any atom is 0.223 e. The Balaban J connectivity index is 1.76. The Morgan fingerprint density at radius 3 is 2.52 bits per heavy atom. The van der Waals surface area contributed by atoms with Gasteiger partial charge in [-0.2, -0.15) is 0 Å². The SMILES string of the molecule is COc1cccc([C@H](CC(=O)N2C[C@H](C)O[C@@H](C)C2)c2c[nH]c3ccccc23)c1OC. The lowest BCUT2D eigenvalue weighted by atomic mass is 9.86. The van der Waals surface area contributed by atoms with Crippen LogP contribution >= 0.6 is 0 Å². The first kappa shape index (κ1) is 21.2. The smallest absolute Gasteiger partial charge is 0.223 e. The van der Waals surface area contributed by atoms with Crippen LogP contribution in [-0.2, 0) is 9.53 Å². The van der Waals surface area contributed by atoms with Crippen LogP contribution in [0.15, 0.2) is 48.7 Å². The minimum atomic E-state index is -0.179. The van der Waals surface area contributed by atoms with E-state index in [1.165, 1.54) is 0 Å². The molecule has 0 saturated carbocycles. The minimum absolute atomic E-state index is 0.0330. The van der Waals surface area contributed by atoms with Gasteiger partial charge in [-0.3, -0.25) is 4.79 Å². The van der Waals surface area contributed by atoms with Gasteiger partial charge in [-0.25, -0.2) is 0 Å². The van der Waals surface area contributed by atoms with Crippen LogP contribution in [0.25, 0.3) is 10.9 Å². The molecule has 1 amide bonds. The van der Waals surface area contributed by atoms with Crippen LogP contribution in [0.4, 0.5) is 0 Å². The van der Waals surface area contributed by atoms with Crippen molar-refractivity contribution >= 4 is 16.8 Å².